The Morgan fingerprint density at radius 1 is 1.18 bits per heavy atom. The molecule has 0 atom stereocenters. The van der Waals surface area contributed by atoms with E-state index in [1.54, 1.807) is 0 Å². The van der Waals surface area contributed by atoms with Crippen LogP contribution in [0.5, 0.6) is 0 Å². The summed E-state index contributed by atoms with van der Waals surface area (Å²) >= 11 is 0. The summed E-state index contributed by atoms with van der Waals surface area (Å²) in [6, 6.07) is 9.69. The predicted octanol–water partition coefficient (Wildman–Crippen LogP) is 1.20. The van der Waals surface area contributed by atoms with Gasteiger partial charge in [-0.05, 0) is 7.05 Å². The summed E-state index contributed by atoms with van der Waals surface area (Å²) in [4.78, 5) is 6.43. The fraction of sp³-hybridized carbons (Fsp3) is 0.500. The number of nitrogens with zero attached hydrogens (tertiary/aromatic N) is 3. The normalized spacial score (nSPS) is 12.0. The minimum atomic E-state index is -0.501. The Labute approximate surface area is 130 Å². The number of rotatable bonds is 8. The van der Waals surface area contributed by atoms with E-state index in [1.807, 2.05) is 49.2 Å². The molecule has 22 heavy (non-hydrogen) atoms. The van der Waals surface area contributed by atoms with Gasteiger partial charge in [-0.25, -0.2) is 0 Å². The lowest BCUT2D eigenvalue weighted by atomic mass is 9.92. The molecule has 0 spiro atoms. The Morgan fingerprint density at radius 3 is 2.50 bits per heavy atom. The Morgan fingerprint density at radius 2 is 1.86 bits per heavy atom. The van der Waals surface area contributed by atoms with Gasteiger partial charge in [0.15, 0.2) is 0 Å². The lowest BCUT2D eigenvalue weighted by Crippen LogP contribution is -2.39. The average Bonchev–Trinajstić information content (AvgIpc) is 3.02. The number of hydrogen-bond donors (Lipinski definition) is 2. The second kappa shape index (κ2) is 7.49. The van der Waals surface area contributed by atoms with E-state index in [1.165, 1.54) is 0 Å². The summed E-state index contributed by atoms with van der Waals surface area (Å²) in [5, 5.41) is 22.6. The standard InChI is InChI=1S/C16H23N3O3/c1-16(11-20,12-21)10-19(2)9-8-14-17-15(18-22-14)13-6-4-3-5-7-13/h3-7,20-21H,8-12H2,1-2H3. The van der Waals surface area contributed by atoms with E-state index in [9.17, 15) is 10.2 Å². The largest absolute Gasteiger partial charge is 0.396 e. The van der Waals surface area contributed by atoms with Gasteiger partial charge < -0.3 is 19.6 Å². The molecule has 1 aromatic heterocycles. The lowest BCUT2D eigenvalue weighted by molar-refractivity contribution is 0.0419. The van der Waals surface area contributed by atoms with Crippen molar-refractivity contribution < 1.29 is 14.7 Å². The van der Waals surface area contributed by atoms with Crippen LogP contribution in [0.3, 0.4) is 0 Å². The zero-order valence-electron chi connectivity index (χ0n) is 13.1. The van der Waals surface area contributed by atoms with Gasteiger partial charge in [-0.3, -0.25) is 0 Å². The molecule has 120 valence electrons. The molecule has 0 aliphatic rings. The third kappa shape index (κ3) is 4.37. The van der Waals surface area contributed by atoms with Crippen molar-refractivity contribution in [1.82, 2.24) is 15.0 Å². The fourth-order valence-electron chi connectivity index (χ4n) is 2.23. The maximum atomic E-state index is 9.32. The second-order valence-corrected chi connectivity index (χ2v) is 5.99. The Hall–Kier alpha value is -1.76. The van der Waals surface area contributed by atoms with E-state index in [-0.39, 0.29) is 13.2 Å². The molecule has 0 fully saturated rings. The molecule has 0 saturated carbocycles. The van der Waals surface area contributed by atoms with E-state index in [2.05, 4.69) is 10.1 Å². The third-order valence-electron chi connectivity index (χ3n) is 3.62. The van der Waals surface area contributed by atoms with Crippen molar-refractivity contribution in [2.24, 2.45) is 5.41 Å². The van der Waals surface area contributed by atoms with E-state index < -0.39 is 5.41 Å². The van der Waals surface area contributed by atoms with Crippen LogP contribution in [0.2, 0.25) is 0 Å². The second-order valence-electron chi connectivity index (χ2n) is 5.99. The van der Waals surface area contributed by atoms with Crippen LogP contribution in [0, 0.1) is 5.41 Å². The number of aliphatic hydroxyl groups excluding tert-OH is 2. The zero-order valence-corrected chi connectivity index (χ0v) is 13.1. The number of hydrogen-bond acceptors (Lipinski definition) is 6. The highest BCUT2D eigenvalue weighted by Crippen LogP contribution is 2.17. The van der Waals surface area contributed by atoms with Crippen molar-refractivity contribution in [3.63, 3.8) is 0 Å². The molecule has 2 rings (SSSR count). The van der Waals surface area contributed by atoms with Crippen LogP contribution in [-0.4, -0.2) is 58.6 Å². The predicted molar refractivity (Wildman–Crippen MR) is 83.2 cm³/mol. The molecule has 6 heteroatoms. The highest BCUT2D eigenvalue weighted by atomic mass is 16.5. The zero-order chi connectivity index (χ0) is 16.0. The molecular weight excluding hydrogens is 282 g/mol. The summed E-state index contributed by atoms with van der Waals surface area (Å²) in [6.07, 6.45) is 0.628. The first-order chi connectivity index (χ1) is 10.6. The molecule has 6 nitrogen and oxygen atoms in total. The SMILES string of the molecule is CN(CCc1nc(-c2ccccc2)no1)CC(C)(CO)CO. The Bertz CT molecular complexity index is 567. The van der Waals surface area contributed by atoms with Crippen molar-refractivity contribution in [3.05, 3.63) is 36.2 Å². The maximum absolute atomic E-state index is 9.32. The highest BCUT2D eigenvalue weighted by Gasteiger charge is 2.24. The van der Waals surface area contributed by atoms with E-state index in [0.717, 1.165) is 5.56 Å². The minimum Gasteiger partial charge on any atom is -0.396 e. The highest BCUT2D eigenvalue weighted by molar-refractivity contribution is 5.53. The first-order valence-electron chi connectivity index (χ1n) is 7.34. The molecule has 2 aromatic rings. The van der Waals surface area contributed by atoms with Gasteiger partial charge in [-0.15, -0.1) is 0 Å². The molecule has 1 aromatic carbocycles. The summed E-state index contributed by atoms with van der Waals surface area (Å²) in [7, 11) is 1.94. The van der Waals surface area contributed by atoms with Crippen LogP contribution in [0.4, 0.5) is 0 Å². The first kappa shape index (κ1) is 16.6. The van der Waals surface area contributed by atoms with Crippen molar-refractivity contribution in [3.8, 4) is 11.4 Å². The van der Waals surface area contributed by atoms with E-state index in [0.29, 0.717) is 31.2 Å². The molecule has 0 bridgehead atoms. The molecule has 0 radical (unpaired) electrons. The minimum absolute atomic E-state index is 0.0491. The summed E-state index contributed by atoms with van der Waals surface area (Å²) < 4.78 is 5.27. The van der Waals surface area contributed by atoms with Gasteiger partial charge in [0.25, 0.3) is 0 Å². The lowest BCUT2D eigenvalue weighted by Gasteiger charge is -2.30. The van der Waals surface area contributed by atoms with E-state index in [4.69, 9.17) is 4.52 Å². The number of likely N-dealkylation sites (N-methyl/N-ethyl adjacent to an activating group) is 1. The van der Waals surface area contributed by atoms with Gasteiger partial charge in [0.1, 0.15) is 0 Å². The third-order valence-corrected chi connectivity index (χ3v) is 3.62. The monoisotopic (exact) mass is 305 g/mol. The Balaban J connectivity index is 1.89. The van der Waals surface area contributed by atoms with Crippen LogP contribution in [0.15, 0.2) is 34.9 Å². The van der Waals surface area contributed by atoms with E-state index >= 15 is 0 Å². The molecule has 0 amide bonds. The quantitative estimate of drug-likeness (QED) is 0.762. The van der Waals surface area contributed by atoms with Gasteiger partial charge in [-0.2, -0.15) is 4.98 Å². The number of aliphatic hydroxyl groups is 2. The molecule has 2 N–H and O–H groups in total. The van der Waals surface area contributed by atoms with Crippen LogP contribution >= 0.6 is 0 Å². The van der Waals surface area contributed by atoms with Crippen LogP contribution < -0.4 is 0 Å². The number of benzene rings is 1. The molecule has 0 aliphatic carbocycles. The molecule has 0 saturated heterocycles. The van der Waals surface area contributed by atoms with Gasteiger partial charge in [0, 0.05) is 30.5 Å². The van der Waals surface area contributed by atoms with Gasteiger partial charge in [0.2, 0.25) is 11.7 Å². The topological polar surface area (TPSA) is 82.6 Å². The molecular formula is C16H23N3O3. The maximum Gasteiger partial charge on any atom is 0.228 e. The van der Waals surface area contributed by atoms with Crippen molar-refractivity contribution in [1.29, 1.82) is 0 Å². The van der Waals surface area contributed by atoms with Gasteiger partial charge >= 0.3 is 0 Å². The van der Waals surface area contributed by atoms with Crippen LogP contribution in [0.1, 0.15) is 12.8 Å². The van der Waals surface area contributed by atoms with Crippen molar-refractivity contribution in [2.75, 3.05) is 33.4 Å². The first-order valence-corrected chi connectivity index (χ1v) is 7.34. The smallest absolute Gasteiger partial charge is 0.228 e. The van der Waals surface area contributed by atoms with Gasteiger partial charge in [0.05, 0.1) is 13.2 Å². The van der Waals surface area contributed by atoms with Crippen LogP contribution in [-0.2, 0) is 6.42 Å². The van der Waals surface area contributed by atoms with Crippen LogP contribution in [0.25, 0.3) is 11.4 Å². The summed E-state index contributed by atoms with van der Waals surface area (Å²) in [5.74, 6) is 1.18. The summed E-state index contributed by atoms with van der Waals surface area (Å²) in [6.45, 7) is 3.06. The van der Waals surface area contributed by atoms with Crippen molar-refractivity contribution in [2.45, 2.75) is 13.3 Å². The van der Waals surface area contributed by atoms with Gasteiger partial charge in [-0.1, -0.05) is 42.4 Å². The van der Waals surface area contributed by atoms with Crippen molar-refractivity contribution >= 4 is 0 Å². The molecule has 1 heterocycles. The molecule has 0 aliphatic heterocycles. The Kier molecular flexibility index (Phi) is 5.65. The average molecular weight is 305 g/mol. The number of aromatic nitrogens is 2. The summed E-state index contributed by atoms with van der Waals surface area (Å²) in [5.41, 5.74) is 0.428. The fourth-order valence-corrected chi connectivity index (χ4v) is 2.23. The molecule has 0 unspecified atom stereocenters.